The summed E-state index contributed by atoms with van der Waals surface area (Å²) in [5, 5.41) is 19.4. The number of carbonyl (C=O) groups is 2. The van der Waals surface area contributed by atoms with Gasteiger partial charge < -0.3 is 33.9 Å². The first-order chi connectivity index (χ1) is 31.5. The molecule has 4 aliphatic carbocycles. The highest BCUT2D eigenvalue weighted by Crippen LogP contribution is 2.49. The number of rotatable bonds is 22. The van der Waals surface area contributed by atoms with E-state index >= 15 is 0 Å². The third-order valence-electron chi connectivity index (χ3n) is 14.3. The summed E-state index contributed by atoms with van der Waals surface area (Å²) < 4.78 is 31.8. The van der Waals surface area contributed by atoms with Gasteiger partial charge in [0.05, 0.1) is 37.3 Å². The molecule has 2 N–H and O–H groups in total. The van der Waals surface area contributed by atoms with Crippen LogP contribution in [0.1, 0.15) is 107 Å². The fourth-order valence-electron chi connectivity index (χ4n) is 10.0. The van der Waals surface area contributed by atoms with E-state index in [0.717, 1.165) is 108 Å². The molecule has 0 bridgehead atoms. The van der Waals surface area contributed by atoms with E-state index in [1.54, 1.807) is 0 Å². The molecule has 340 valence electrons. The Hall–Kier alpha value is -5.96. The molecular formula is C56H62O9. The molecule has 0 amide bonds. The molecule has 4 saturated carbocycles. The molecule has 9 rings (SSSR count). The standard InChI is InChI=1S/C56H62O9/c1-34(55(57)58)53(41-21-22-41)43-9-6-11-45(29-43)61-32-37-25-49(26-37)64-48-14-8-13-47(31-48)63-36(3)39-17-19-40(20-18-39)51-15-4-5-16-52(51)65-50-27-38(28-50)33-62-46-12-7-10-44(30-46)54(42-23-24-42)35(2)56(59)60/h4-20,29-31,34-38,41-42,49-50,53-54H,21-28,32-33H2,1-3H3,(H,57,58)(H,59,60). The van der Waals surface area contributed by atoms with Gasteiger partial charge in [0.15, 0.2) is 0 Å². The zero-order valence-electron chi connectivity index (χ0n) is 37.7. The van der Waals surface area contributed by atoms with Crippen molar-refractivity contribution in [2.75, 3.05) is 13.2 Å². The van der Waals surface area contributed by atoms with E-state index in [0.29, 0.717) is 36.9 Å². The van der Waals surface area contributed by atoms with E-state index in [1.807, 2.05) is 105 Å². The van der Waals surface area contributed by atoms with E-state index in [4.69, 9.17) is 23.7 Å². The number of hydrogen-bond donors (Lipinski definition) is 2. The van der Waals surface area contributed by atoms with Gasteiger partial charge in [-0.2, -0.15) is 0 Å². The zero-order valence-corrected chi connectivity index (χ0v) is 37.7. The summed E-state index contributed by atoms with van der Waals surface area (Å²) in [6.45, 7) is 6.92. The molecule has 5 aromatic rings. The third-order valence-corrected chi connectivity index (χ3v) is 14.3. The molecule has 0 radical (unpaired) electrons. The Morgan fingerprint density at radius 3 is 1.57 bits per heavy atom. The smallest absolute Gasteiger partial charge is 0.306 e. The first kappa shape index (κ1) is 44.3. The van der Waals surface area contributed by atoms with E-state index in [-0.39, 0.29) is 30.1 Å². The van der Waals surface area contributed by atoms with E-state index in [1.165, 1.54) is 0 Å². The van der Waals surface area contributed by atoms with Crippen LogP contribution in [0.15, 0.2) is 121 Å². The van der Waals surface area contributed by atoms with Gasteiger partial charge in [-0.15, -0.1) is 0 Å². The highest BCUT2D eigenvalue weighted by atomic mass is 16.5. The predicted molar refractivity (Wildman–Crippen MR) is 250 cm³/mol. The molecule has 65 heavy (non-hydrogen) atoms. The lowest BCUT2D eigenvalue weighted by atomic mass is 9.82. The van der Waals surface area contributed by atoms with Crippen molar-refractivity contribution >= 4 is 11.9 Å². The largest absolute Gasteiger partial charge is 0.493 e. The molecule has 9 nitrogen and oxygen atoms in total. The van der Waals surface area contributed by atoms with Crippen LogP contribution in [0.25, 0.3) is 11.1 Å². The number of carboxylic acid groups (broad SMARTS) is 2. The Kier molecular flexibility index (Phi) is 13.4. The third kappa shape index (κ3) is 10.9. The van der Waals surface area contributed by atoms with Crippen molar-refractivity contribution in [3.05, 3.63) is 138 Å². The molecule has 4 fully saturated rings. The van der Waals surface area contributed by atoms with Crippen LogP contribution in [0.4, 0.5) is 0 Å². The molecule has 5 atom stereocenters. The van der Waals surface area contributed by atoms with Crippen LogP contribution in [0.3, 0.4) is 0 Å². The summed E-state index contributed by atoms with van der Waals surface area (Å²) in [5.74, 6) is 3.44. The maximum atomic E-state index is 11.8. The number of benzene rings is 5. The highest BCUT2D eigenvalue weighted by molar-refractivity contribution is 5.72. The van der Waals surface area contributed by atoms with Crippen molar-refractivity contribution in [2.45, 2.75) is 102 Å². The lowest BCUT2D eigenvalue weighted by Gasteiger charge is -2.35. The van der Waals surface area contributed by atoms with Crippen LogP contribution < -0.4 is 23.7 Å². The predicted octanol–water partition coefficient (Wildman–Crippen LogP) is 12.4. The van der Waals surface area contributed by atoms with Gasteiger partial charge in [0.25, 0.3) is 0 Å². The summed E-state index contributed by atoms with van der Waals surface area (Å²) in [6.07, 6.45) is 8.08. The average Bonchev–Trinajstić information content (AvgIpc) is 4.23. The molecular weight excluding hydrogens is 817 g/mol. The van der Waals surface area contributed by atoms with E-state index < -0.39 is 23.8 Å². The summed E-state index contributed by atoms with van der Waals surface area (Å²) in [7, 11) is 0. The van der Waals surface area contributed by atoms with Crippen LogP contribution in [0.2, 0.25) is 0 Å². The van der Waals surface area contributed by atoms with Crippen LogP contribution in [-0.4, -0.2) is 47.6 Å². The minimum Gasteiger partial charge on any atom is -0.493 e. The van der Waals surface area contributed by atoms with Crippen molar-refractivity contribution in [3.8, 4) is 39.9 Å². The Morgan fingerprint density at radius 2 is 1.03 bits per heavy atom. The lowest BCUT2D eigenvalue weighted by molar-refractivity contribution is -0.143. The zero-order chi connectivity index (χ0) is 45.0. The highest BCUT2D eigenvalue weighted by Gasteiger charge is 2.40. The van der Waals surface area contributed by atoms with Crippen molar-refractivity contribution in [2.24, 2.45) is 35.5 Å². The fraction of sp³-hybridized carbons (Fsp3) is 0.429. The van der Waals surface area contributed by atoms with Gasteiger partial charge in [-0.1, -0.05) is 86.6 Å². The maximum absolute atomic E-state index is 11.8. The Balaban J connectivity index is 0.717. The lowest BCUT2D eigenvalue weighted by Crippen LogP contribution is -2.37. The minimum atomic E-state index is -0.743. The van der Waals surface area contributed by atoms with Crippen LogP contribution in [-0.2, 0) is 9.59 Å². The Bertz CT molecular complexity index is 2410. The summed E-state index contributed by atoms with van der Waals surface area (Å²) in [4.78, 5) is 23.6. The quantitative estimate of drug-likeness (QED) is 0.0700. The van der Waals surface area contributed by atoms with Crippen LogP contribution >= 0.6 is 0 Å². The van der Waals surface area contributed by atoms with Gasteiger partial charge in [0.1, 0.15) is 34.9 Å². The first-order valence-corrected chi connectivity index (χ1v) is 23.7. The van der Waals surface area contributed by atoms with Crippen LogP contribution in [0.5, 0.6) is 28.7 Å². The molecule has 9 heteroatoms. The summed E-state index contributed by atoms with van der Waals surface area (Å²) in [5.41, 5.74) is 5.33. The SMILES string of the molecule is CC(Oc1cccc(OC2CC(COc3cccc(C(C4CC4)C(C)C(=O)O)c3)C2)c1)c1ccc(-c2ccccc2OC2CC(COc3cccc(C(C4CC4)C(C)C(=O)O)c3)C2)cc1. The number of aliphatic carboxylic acids is 2. The fourth-order valence-corrected chi connectivity index (χ4v) is 10.0. The number of hydrogen-bond acceptors (Lipinski definition) is 7. The number of carboxylic acids is 2. The maximum Gasteiger partial charge on any atom is 0.306 e. The topological polar surface area (TPSA) is 121 Å². The molecule has 0 aromatic heterocycles. The average molecular weight is 879 g/mol. The normalized spacial score (nSPS) is 22.4. The second kappa shape index (κ2) is 19.6. The van der Waals surface area contributed by atoms with Gasteiger partial charge >= 0.3 is 11.9 Å². The van der Waals surface area contributed by atoms with Crippen LogP contribution in [0, 0.1) is 35.5 Å². The Labute approximate surface area is 383 Å². The second-order valence-corrected chi connectivity index (χ2v) is 19.3. The van der Waals surface area contributed by atoms with Gasteiger partial charge in [0.2, 0.25) is 0 Å². The molecule has 4 aliphatic rings. The first-order valence-electron chi connectivity index (χ1n) is 23.7. The van der Waals surface area contributed by atoms with Crippen molar-refractivity contribution in [1.82, 2.24) is 0 Å². The van der Waals surface area contributed by atoms with Crippen molar-refractivity contribution < 1.29 is 43.5 Å². The molecule has 5 aromatic carbocycles. The molecule has 0 spiro atoms. The monoisotopic (exact) mass is 878 g/mol. The van der Waals surface area contributed by atoms with Crippen molar-refractivity contribution in [3.63, 3.8) is 0 Å². The summed E-state index contributed by atoms with van der Waals surface area (Å²) >= 11 is 0. The summed E-state index contributed by atoms with van der Waals surface area (Å²) in [6, 6.07) is 40.6. The van der Waals surface area contributed by atoms with Gasteiger partial charge in [-0.25, -0.2) is 0 Å². The molecule has 0 heterocycles. The van der Waals surface area contributed by atoms with E-state index in [2.05, 4.69) is 37.3 Å². The van der Waals surface area contributed by atoms with Gasteiger partial charge in [0, 0.05) is 11.6 Å². The molecule has 5 unspecified atom stereocenters. The van der Waals surface area contributed by atoms with Crippen molar-refractivity contribution in [1.29, 1.82) is 0 Å². The molecule has 0 saturated heterocycles. The second-order valence-electron chi connectivity index (χ2n) is 19.3. The van der Waals surface area contributed by atoms with E-state index in [9.17, 15) is 19.8 Å². The van der Waals surface area contributed by atoms with Gasteiger partial charge in [-0.05, 0) is 159 Å². The Morgan fingerprint density at radius 1 is 0.538 bits per heavy atom. The number of ether oxygens (including phenoxy) is 5. The van der Waals surface area contributed by atoms with Gasteiger partial charge in [-0.3, -0.25) is 9.59 Å². The minimum absolute atomic E-state index is 0.0246. The molecule has 0 aliphatic heterocycles. The number of para-hydroxylation sites is 1.